The molecule has 0 saturated heterocycles. The third-order valence-corrected chi connectivity index (χ3v) is 2.58. The lowest BCUT2D eigenvalue weighted by Gasteiger charge is -2.03. The molecule has 0 aliphatic rings. The third-order valence-electron chi connectivity index (χ3n) is 2.58. The first kappa shape index (κ1) is 17.5. The average Bonchev–Trinajstić information content (AvgIpc) is 2.42. The molecule has 2 atom stereocenters. The normalized spacial score (nSPS) is 13.0. The summed E-state index contributed by atoms with van der Waals surface area (Å²) >= 11 is 0. The van der Waals surface area contributed by atoms with Crippen molar-refractivity contribution in [2.75, 3.05) is 0 Å². The summed E-state index contributed by atoms with van der Waals surface area (Å²) < 4.78 is 0. The highest BCUT2D eigenvalue weighted by molar-refractivity contribution is 5.32. The lowest BCUT2D eigenvalue weighted by molar-refractivity contribution is 0.208. The van der Waals surface area contributed by atoms with Crippen molar-refractivity contribution in [2.24, 2.45) is 0 Å². The molecule has 0 aromatic rings. The summed E-state index contributed by atoms with van der Waals surface area (Å²) in [6.07, 6.45) is 10.1. The van der Waals surface area contributed by atoms with Crippen LogP contribution in [0.2, 0.25) is 0 Å². The molecule has 0 spiro atoms. The van der Waals surface area contributed by atoms with E-state index in [0.29, 0.717) is 0 Å². The van der Waals surface area contributed by atoms with Crippen molar-refractivity contribution in [3.8, 4) is 23.7 Å². The maximum absolute atomic E-state index is 9.64. The van der Waals surface area contributed by atoms with Crippen LogP contribution in [0.5, 0.6) is 0 Å². The van der Waals surface area contributed by atoms with Gasteiger partial charge < -0.3 is 10.2 Å². The van der Waals surface area contributed by atoms with Crippen LogP contribution in [0, 0.1) is 23.7 Å². The molecular weight excluding hydrogens is 236 g/mol. The second-order valence-corrected chi connectivity index (χ2v) is 4.35. The van der Waals surface area contributed by atoms with Crippen molar-refractivity contribution in [3.63, 3.8) is 0 Å². The number of aliphatic hydroxyl groups is 2. The van der Waals surface area contributed by atoms with Crippen LogP contribution in [-0.2, 0) is 0 Å². The van der Waals surface area contributed by atoms with Gasteiger partial charge in [-0.15, -0.1) is 0 Å². The maximum Gasteiger partial charge on any atom is 0.134 e. The Morgan fingerprint density at radius 2 is 1.84 bits per heavy atom. The Morgan fingerprint density at radius 3 is 2.53 bits per heavy atom. The van der Waals surface area contributed by atoms with E-state index in [1.54, 1.807) is 12.2 Å². The van der Waals surface area contributed by atoms with E-state index in [2.05, 4.69) is 37.2 Å². The molecule has 2 nitrogen and oxygen atoms in total. The lowest BCUT2D eigenvalue weighted by atomic mass is 10.1. The molecule has 2 unspecified atom stereocenters. The Kier molecular flexibility index (Phi) is 12.0. The monoisotopic (exact) mass is 260 g/mol. The number of allylic oxidation sites excluding steroid dienone is 1. The molecule has 104 valence electrons. The highest BCUT2D eigenvalue weighted by atomic mass is 16.3. The zero-order valence-electron chi connectivity index (χ0n) is 11.7. The molecule has 0 aliphatic carbocycles. The van der Waals surface area contributed by atoms with Crippen molar-refractivity contribution in [3.05, 3.63) is 24.8 Å². The van der Waals surface area contributed by atoms with Crippen LogP contribution >= 0.6 is 0 Å². The van der Waals surface area contributed by atoms with Crippen LogP contribution in [0.15, 0.2) is 24.8 Å². The van der Waals surface area contributed by atoms with Gasteiger partial charge in [-0.1, -0.05) is 63.5 Å². The topological polar surface area (TPSA) is 40.5 Å². The molecule has 2 heteroatoms. The smallest absolute Gasteiger partial charge is 0.134 e. The summed E-state index contributed by atoms with van der Waals surface area (Å²) in [4.78, 5) is 0. The summed E-state index contributed by atoms with van der Waals surface area (Å²) in [7, 11) is 0. The SMILES string of the molecule is C=CC(O)C#CC#C/C=C\C(O)CCCCCCC. The van der Waals surface area contributed by atoms with Gasteiger partial charge in [-0.3, -0.25) is 0 Å². The van der Waals surface area contributed by atoms with Gasteiger partial charge in [-0.05, 0) is 30.4 Å². The first-order valence-corrected chi connectivity index (χ1v) is 6.87. The molecule has 0 aliphatic heterocycles. The first-order chi connectivity index (χ1) is 9.20. The van der Waals surface area contributed by atoms with Crippen molar-refractivity contribution in [1.82, 2.24) is 0 Å². The largest absolute Gasteiger partial charge is 0.389 e. The molecule has 2 N–H and O–H groups in total. The molecular formula is C17H24O2. The summed E-state index contributed by atoms with van der Waals surface area (Å²) in [6, 6.07) is 0. The Bertz CT molecular complexity index is 374. The van der Waals surface area contributed by atoms with E-state index in [9.17, 15) is 5.11 Å². The van der Waals surface area contributed by atoms with E-state index in [1.807, 2.05) is 0 Å². The molecule has 0 aromatic carbocycles. The lowest BCUT2D eigenvalue weighted by Crippen LogP contribution is -2.01. The van der Waals surface area contributed by atoms with Crippen molar-refractivity contribution >= 4 is 0 Å². The number of hydrogen-bond donors (Lipinski definition) is 2. The Balaban J connectivity index is 3.77. The fraction of sp³-hybridized carbons (Fsp3) is 0.529. The summed E-state index contributed by atoms with van der Waals surface area (Å²) in [5.41, 5.74) is 0. The van der Waals surface area contributed by atoms with Gasteiger partial charge in [0.1, 0.15) is 6.10 Å². The minimum Gasteiger partial charge on any atom is -0.389 e. The standard InChI is InChI=1S/C17H24O2/c1-3-5-6-7-11-14-17(19)15-12-9-8-10-13-16(18)4-2/h4,12,15-19H,2-3,5-7,11,14H2,1H3/b15-12-. The number of hydrogen-bond acceptors (Lipinski definition) is 2. The maximum atomic E-state index is 9.64. The fourth-order valence-corrected chi connectivity index (χ4v) is 1.46. The Labute approximate surface area is 117 Å². The predicted molar refractivity (Wildman–Crippen MR) is 80.3 cm³/mol. The van der Waals surface area contributed by atoms with E-state index < -0.39 is 12.2 Å². The zero-order valence-corrected chi connectivity index (χ0v) is 11.7. The van der Waals surface area contributed by atoms with Crippen LogP contribution in [0.3, 0.4) is 0 Å². The Hall–Kier alpha value is -1.48. The molecule has 0 fully saturated rings. The second-order valence-electron chi connectivity index (χ2n) is 4.35. The number of unbranched alkanes of at least 4 members (excludes halogenated alkanes) is 4. The van der Waals surface area contributed by atoms with Crippen molar-refractivity contribution < 1.29 is 10.2 Å². The molecule has 0 amide bonds. The van der Waals surface area contributed by atoms with Gasteiger partial charge >= 0.3 is 0 Å². The van der Waals surface area contributed by atoms with Gasteiger partial charge in [0, 0.05) is 0 Å². The van der Waals surface area contributed by atoms with E-state index in [4.69, 9.17) is 5.11 Å². The molecule has 19 heavy (non-hydrogen) atoms. The summed E-state index contributed by atoms with van der Waals surface area (Å²) in [6.45, 7) is 5.59. The van der Waals surface area contributed by atoms with Gasteiger partial charge in [-0.25, -0.2) is 0 Å². The molecule has 0 aromatic heterocycles. The molecule has 0 rings (SSSR count). The molecule has 0 bridgehead atoms. The third kappa shape index (κ3) is 12.8. The summed E-state index contributed by atoms with van der Waals surface area (Å²) in [5, 5.41) is 18.7. The average molecular weight is 260 g/mol. The van der Waals surface area contributed by atoms with Gasteiger partial charge in [0.2, 0.25) is 0 Å². The van der Waals surface area contributed by atoms with Gasteiger partial charge in [0.05, 0.1) is 6.10 Å². The van der Waals surface area contributed by atoms with Crippen LogP contribution in [-0.4, -0.2) is 22.4 Å². The quantitative estimate of drug-likeness (QED) is 0.400. The summed E-state index contributed by atoms with van der Waals surface area (Å²) in [5.74, 6) is 10.3. The van der Waals surface area contributed by atoms with E-state index in [0.717, 1.165) is 12.8 Å². The Morgan fingerprint density at radius 1 is 1.11 bits per heavy atom. The number of rotatable bonds is 8. The predicted octanol–water partition coefficient (Wildman–Crippen LogP) is 2.82. The highest BCUT2D eigenvalue weighted by Crippen LogP contribution is 2.07. The van der Waals surface area contributed by atoms with Gasteiger partial charge in [0.15, 0.2) is 0 Å². The minimum absolute atomic E-state index is 0.428. The van der Waals surface area contributed by atoms with Crippen LogP contribution in [0.4, 0.5) is 0 Å². The zero-order chi connectivity index (χ0) is 14.3. The van der Waals surface area contributed by atoms with Crippen LogP contribution < -0.4 is 0 Å². The number of aliphatic hydroxyl groups excluding tert-OH is 2. The van der Waals surface area contributed by atoms with E-state index in [-0.39, 0.29) is 0 Å². The highest BCUT2D eigenvalue weighted by Gasteiger charge is 1.97. The van der Waals surface area contributed by atoms with Gasteiger partial charge in [0.25, 0.3) is 0 Å². The van der Waals surface area contributed by atoms with Crippen LogP contribution in [0.25, 0.3) is 0 Å². The second kappa shape index (κ2) is 13.0. The van der Waals surface area contributed by atoms with Gasteiger partial charge in [-0.2, -0.15) is 0 Å². The molecule has 0 radical (unpaired) electrons. The molecule has 0 saturated carbocycles. The van der Waals surface area contributed by atoms with Crippen molar-refractivity contribution in [1.29, 1.82) is 0 Å². The fourth-order valence-electron chi connectivity index (χ4n) is 1.46. The van der Waals surface area contributed by atoms with E-state index in [1.165, 1.54) is 31.8 Å². The van der Waals surface area contributed by atoms with E-state index >= 15 is 0 Å². The van der Waals surface area contributed by atoms with Crippen LogP contribution in [0.1, 0.15) is 45.4 Å². The molecule has 0 heterocycles. The minimum atomic E-state index is -0.827. The first-order valence-electron chi connectivity index (χ1n) is 6.87. The van der Waals surface area contributed by atoms with Crippen molar-refractivity contribution in [2.45, 2.75) is 57.7 Å².